The Labute approximate surface area is 144 Å². The smallest absolute Gasteiger partial charge is 0.302 e. The van der Waals surface area contributed by atoms with Crippen LogP contribution in [0.1, 0.15) is 44.0 Å². The van der Waals surface area contributed by atoms with Crippen LogP contribution in [-0.4, -0.2) is 48.9 Å². The van der Waals surface area contributed by atoms with Crippen molar-refractivity contribution >= 4 is 17.4 Å². The summed E-state index contributed by atoms with van der Waals surface area (Å²) in [5.74, 6) is 0.405. The van der Waals surface area contributed by atoms with Gasteiger partial charge in [-0.25, -0.2) is 0 Å². The summed E-state index contributed by atoms with van der Waals surface area (Å²) in [5, 5.41) is 3.58. The first-order chi connectivity index (χ1) is 11.5. The van der Waals surface area contributed by atoms with Crippen molar-refractivity contribution in [3.05, 3.63) is 29.8 Å². The van der Waals surface area contributed by atoms with E-state index in [1.807, 2.05) is 31.2 Å². The van der Waals surface area contributed by atoms with Crippen molar-refractivity contribution in [3.63, 3.8) is 0 Å². The van der Waals surface area contributed by atoms with Gasteiger partial charge in [0.2, 0.25) is 0 Å². The fraction of sp³-hybridized carbons (Fsp3) is 0.579. The third kappa shape index (κ3) is 5.06. The fourth-order valence-electron chi connectivity index (χ4n) is 3.21. The standard InChI is InChI=1S/C19H28N2O3/c1-4-19(23)16-7-5-6-8-18(16)20-17-9-10-21(13-14(17)2)11-12-24-15(3)22/h5-8,14,17,20H,4,9-13H2,1-3H3. The van der Waals surface area contributed by atoms with Gasteiger partial charge in [0.1, 0.15) is 6.61 Å². The van der Waals surface area contributed by atoms with Gasteiger partial charge in [0.05, 0.1) is 0 Å². The lowest BCUT2D eigenvalue weighted by atomic mass is 9.93. The van der Waals surface area contributed by atoms with Crippen LogP contribution in [0.3, 0.4) is 0 Å². The Hall–Kier alpha value is -1.88. The van der Waals surface area contributed by atoms with Crippen molar-refractivity contribution in [1.82, 2.24) is 4.90 Å². The molecule has 0 aromatic heterocycles. The molecule has 0 radical (unpaired) electrons. The van der Waals surface area contributed by atoms with Gasteiger partial charge in [-0.2, -0.15) is 0 Å². The van der Waals surface area contributed by atoms with E-state index in [-0.39, 0.29) is 11.8 Å². The third-order valence-corrected chi connectivity index (χ3v) is 4.59. The van der Waals surface area contributed by atoms with Gasteiger partial charge >= 0.3 is 5.97 Å². The molecule has 0 amide bonds. The minimum Gasteiger partial charge on any atom is -0.465 e. The van der Waals surface area contributed by atoms with Crippen molar-refractivity contribution in [2.24, 2.45) is 5.92 Å². The monoisotopic (exact) mass is 332 g/mol. The zero-order chi connectivity index (χ0) is 17.5. The third-order valence-electron chi connectivity index (χ3n) is 4.59. The topological polar surface area (TPSA) is 58.6 Å². The van der Waals surface area contributed by atoms with Crippen molar-refractivity contribution < 1.29 is 14.3 Å². The van der Waals surface area contributed by atoms with Gasteiger partial charge in [-0.3, -0.25) is 14.5 Å². The van der Waals surface area contributed by atoms with Gasteiger partial charge in [0, 0.05) is 50.3 Å². The van der Waals surface area contributed by atoms with E-state index in [1.54, 1.807) is 0 Å². The Balaban J connectivity index is 1.91. The number of Topliss-reactive ketones (excluding diaryl/α,β-unsaturated/α-hetero) is 1. The number of esters is 1. The summed E-state index contributed by atoms with van der Waals surface area (Å²) in [6, 6.07) is 8.11. The zero-order valence-electron chi connectivity index (χ0n) is 14.9. The van der Waals surface area contributed by atoms with Gasteiger partial charge in [-0.1, -0.05) is 26.0 Å². The summed E-state index contributed by atoms with van der Waals surface area (Å²) >= 11 is 0. The van der Waals surface area contributed by atoms with Gasteiger partial charge in [0.15, 0.2) is 5.78 Å². The lowest BCUT2D eigenvalue weighted by Crippen LogP contribution is -2.46. The zero-order valence-corrected chi connectivity index (χ0v) is 14.9. The molecule has 0 bridgehead atoms. The summed E-state index contributed by atoms with van der Waals surface area (Å²) in [4.78, 5) is 25.3. The summed E-state index contributed by atoms with van der Waals surface area (Å²) < 4.78 is 5.02. The average molecular weight is 332 g/mol. The predicted octanol–water partition coefficient (Wildman–Crippen LogP) is 2.96. The fourth-order valence-corrected chi connectivity index (χ4v) is 3.21. The minimum atomic E-state index is -0.225. The molecule has 0 spiro atoms. The number of hydrogen-bond donors (Lipinski definition) is 1. The molecule has 5 heteroatoms. The van der Waals surface area contributed by atoms with Gasteiger partial charge in [0.25, 0.3) is 0 Å². The quantitative estimate of drug-likeness (QED) is 0.614. The molecule has 132 valence electrons. The van der Waals surface area contributed by atoms with E-state index in [0.29, 0.717) is 25.0 Å². The van der Waals surface area contributed by atoms with Crippen LogP contribution in [0.2, 0.25) is 0 Å². The minimum absolute atomic E-state index is 0.171. The Morgan fingerprint density at radius 3 is 2.75 bits per heavy atom. The van der Waals surface area contributed by atoms with Crippen molar-refractivity contribution in [1.29, 1.82) is 0 Å². The van der Waals surface area contributed by atoms with E-state index >= 15 is 0 Å². The molecule has 1 aromatic carbocycles. The van der Waals surface area contributed by atoms with E-state index in [4.69, 9.17) is 4.74 Å². The number of ketones is 1. The summed E-state index contributed by atoms with van der Waals surface area (Å²) in [6.07, 6.45) is 1.53. The Morgan fingerprint density at radius 2 is 2.08 bits per heavy atom. The molecule has 1 aromatic rings. The second-order valence-electron chi connectivity index (χ2n) is 6.48. The SMILES string of the molecule is CCC(=O)c1ccccc1NC1CCN(CCOC(C)=O)CC1C. The molecule has 1 aliphatic heterocycles. The number of nitrogens with one attached hydrogen (secondary N) is 1. The Bertz CT molecular complexity index is 573. The maximum atomic E-state index is 12.1. The predicted molar refractivity (Wildman–Crippen MR) is 95.3 cm³/mol. The molecule has 1 saturated heterocycles. The second-order valence-corrected chi connectivity index (χ2v) is 6.48. The first-order valence-electron chi connectivity index (χ1n) is 8.75. The van der Waals surface area contributed by atoms with E-state index in [2.05, 4.69) is 17.1 Å². The van der Waals surface area contributed by atoms with Crippen LogP contribution in [0, 0.1) is 5.92 Å². The van der Waals surface area contributed by atoms with Crippen molar-refractivity contribution in [2.75, 3.05) is 31.6 Å². The first kappa shape index (κ1) is 18.5. The van der Waals surface area contributed by atoms with E-state index in [9.17, 15) is 9.59 Å². The molecule has 1 aliphatic rings. The second kappa shape index (κ2) is 8.83. The maximum Gasteiger partial charge on any atom is 0.302 e. The summed E-state index contributed by atoms with van der Waals surface area (Å²) in [7, 11) is 0. The van der Waals surface area contributed by atoms with Gasteiger partial charge < -0.3 is 10.1 Å². The molecule has 5 nitrogen and oxygen atoms in total. The van der Waals surface area contributed by atoms with Crippen LogP contribution in [0.25, 0.3) is 0 Å². The van der Waals surface area contributed by atoms with Crippen LogP contribution in [-0.2, 0) is 9.53 Å². The molecule has 1 N–H and O–H groups in total. The molecule has 2 atom stereocenters. The lowest BCUT2D eigenvalue weighted by molar-refractivity contribution is -0.141. The van der Waals surface area contributed by atoms with E-state index in [0.717, 1.165) is 37.3 Å². The number of rotatable bonds is 7. The van der Waals surface area contributed by atoms with E-state index < -0.39 is 0 Å². The maximum absolute atomic E-state index is 12.1. The number of anilines is 1. The lowest BCUT2D eigenvalue weighted by Gasteiger charge is -2.37. The van der Waals surface area contributed by atoms with Crippen LogP contribution >= 0.6 is 0 Å². The number of nitrogens with zero attached hydrogens (tertiary/aromatic N) is 1. The number of likely N-dealkylation sites (tertiary alicyclic amines) is 1. The van der Waals surface area contributed by atoms with Crippen LogP contribution in [0.5, 0.6) is 0 Å². The molecule has 1 fully saturated rings. The Morgan fingerprint density at radius 1 is 1.33 bits per heavy atom. The molecule has 0 saturated carbocycles. The number of benzene rings is 1. The molecule has 0 aliphatic carbocycles. The number of hydrogen-bond acceptors (Lipinski definition) is 5. The molecular weight excluding hydrogens is 304 g/mol. The van der Waals surface area contributed by atoms with Crippen LogP contribution in [0.15, 0.2) is 24.3 Å². The highest BCUT2D eigenvalue weighted by Crippen LogP contribution is 2.24. The van der Waals surface area contributed by atoms with Crippen molar-refractivity contribution in [3.8, 4) is 0 Å². The summed E-state index contributed by atoms with van der Waals surface area (Å²) in [6.45, 7) is 8.71. The molecular formula is C19H28N2O3. The molecule has 1 heterocycles. The van der Waals surface area contributed by atoms with E-state index in [1.165, 1.54) is 6.92 Å². The van der Waals surface area contributed by atoms with Crippen molar-refractivity contribution in [2.45, 2.75) is 39.7 Å². The highest BCUT2D eigenvalue weighted by Gasteiger charge is 2.26. The molecule has 2 unspecified atom stereocenters. The molecule has 2 rings (SSSR count). The van der Waals surface area contributed by atoms with Gasteiger partial charge in [-0.15, -0.1) is 0 Å². The highest BCUT2D eigenvalue weighted by atomic mass is 16.5. The van der Waals surface area contributed by atoms with Gasteiger partial charge in [-0.05, 0) is 24.5 Å². The highest BCUT2D eigenvalue weighted by molar-refractivity contribution is 6.01. The molecule has 24 heavy (non-hydrogen) atoms. The summed E-state index contributed by atoms with van der Waals surface area (Å²) in [5.41, 5.74) is 1.72. The Kier molecular flexibility index (Phi) is 6.79. The number of ether oxygens (including phenoxy) is 1. The van der Waals surface area contributed by atoms with Crippen LogP contribution in [0.4, 0.5) is 5.69 Å². The number of para-hydroxylation sites is 1. The normalized spacial score (nSPS) is 21.3. The number of carbonyl (C=O) groups excluding carboxylic acids is 2. The first-order valence-corrected chi connectivity index (χ1v) is 8.75. The number of carbonyl (C=O) groups is 2. The number of piperidine rings is 1. The largest absolute Gasteiger partial charge is 0.465 e. The van der Waals surface area contributed by atoms with Crippen LogP contribution < -0.4 is 5.32 Å². The average Bonchev–Trinajstić information content (AvgIpc) is 2.56.